The molecule has 0 radical (unpaired) electrons. The van der Waals surface area contributed by atoms with E-state index < -0.39 is 0 Å². The lowest BCUT2D eigenvalue weighted by molar-refractivity contribution is 0.283. The molecule has 5 rings (SSSR count). The van der Waals surface area contributed by atoms with Crippen LogP contribution < -0.4 is 9.64 Å². The van der Waals surface area contributed by atoms with E-state index >= 15 is 0 Å². The van der Waals surface area contributed by atoms with E-state index in [2.05, 4.69) is 39.1 Å². The van der Waals surface area contributed by atoms with Gasteiger partial charge >= 0.3 is 0 Å². The van der Waals surface area contributed by atoms with E-state index in [4.69, 9.17) is 15.0 Å². The molecule has 0 atom stereocenters. The molecule has 4 aromatic rings. The van der Waals surface area contributed by atoms with Gasteiger partial charge in [-0.1, -0.05) is 23.9 Å². The van der Waals surface area contributed by atoms with E-state index in [1.807, 2.05) is 65.6 Å². The molecule has 1 fully saturated rings. The van der Waals surface area contributed by atoms with Gasteiger partial charge in [0.15, 0.2) is 0 Å². The monoisotopic (exact) mass is 483 g/mol. The molecule has 0 saturated carbocycles. The average Bonchev–Trinajstić information content (AvgIpc) is 3.45. The van der Waals surface area contributed by atoms with Crippen molar-refractivity contribution in [2.45, 2.75) is 16.4 Å². The predicted molar refractivity (Wildman–Crippen MR) is 135 cm³/mol. The minimum absolute atomic E-state index is 0.370. The Morgan fingerprint density at radius 2 is 1.89 bits per heavy atom. The highest BCUT2D eigenvalue weighted by molar-refractivity contribution is 7.99. The first-order valence-electron chi connectivity index (χ1n) is 11.4. The van der Waals surface area contributed by atoms with E-state index in [0.717, 1.165) is 47.2 Å². The molecule has 1 saturated heterocycles. The second-order valence-electron chi connectivity index (χ2n) is 8.28. The number of rotatable bonds is 7. The number of likely N-dealkylation sites (N-methyl/N-ethyl adjacent to an activating group) is 1. The van der Waals surface area contributed by atoms with Crippen LogP contribution in [-0.2, 0) is 6.61 Å². The summed E-state index contributed by atoms with van der Waals surface area (Å²) >= 11 is 1.53. The summed E-state index contributed by atoms with van der Waals surface area (Å²) < 4.78 is 8.10. The van der Waals surface area contributed by atoms with E-state index in [0.29, 0.717) is 24.0 Å². The number of hydrogen-bond acceptors (Lipinski definition) is 8. The molecule has 35 heavy (non-hydrogen) atoms. The maximum atomic E-state index is 9.08. The number of ether oxygens (including phenoxy) is 1. The first kappa shape index (κ1) is 22.9. The number of benzene rings is 2. The van der Waals surface area contributed by atoms with Gasteiger partial charge in [-0.2, -0.15) is 15.3 Å². The molecule has 0 spiro atoms. The highest BCUT2D eigenvalue weighted by Gasteiger charge is 2.19. The molecule has 2 aromatic carbocycles. The second kappa shape index (κ2) is 10.6. The molecular formula is C26H25N7OS. The lowest BCUT2D eigenvalue weighted by Crippen LogP contribution is -2.45. The van der Waals surface area contributed by atoms with E-state index in [1.54, 1.807) is 6.20 Å². The molecular weight excluding hydrogens is 458 g/mol. The fourth-order valence-electron chi connectivity index (χ4n) is 3.77. The van der Waals surface area contributed by atoms with Gasteiger partial charge in [-0.05, 0) is 55.1 Å². The van der Waals surface area contributed by atoms with Crippen molar-refractivity contribution in [2.24, 2.45) is 0 Å². The van der Waals surface area contributed by atoms with Gasteiger partial charge in [0.25, 0.3) is 0 Å². The summed E-state index contributed by atoms with van der Waals surface area (Å²) in [6.45, 7) is 4.08. The number of nitrogens with zero attached hydrogens (tertiary/aromatic N) is 7. The summed E-state index contributed by atoms with van der Waals surface area (Å²) in [5, 5.41) is 13.4. The summed E-state index contributed by atoms with van der Waals surface area (Å²) in [4.78, 5) is 15.8. The maximum Gasteiger partial charge on any atom is 0.232 e. The number of piperazine rings is 1. The molecule has 9 heteroatoms. The number of hydrogen-bond donors (Lipinski definition) is 0. The van der Waals surface area contributed by atoms with E-state index in [-0.39, 0.29) is 0 Å². The fraction of sp³-hybridized carbons (Fsp3) is 0.231. The Morgan fingerprint density at radius 1 is 1.06 bits per heavy atom. The Hall–Kier alpha value is -3.87. The fourth-order valence-corrected chi connectivity index (χ4v) is 4.59. The summed E-state index contributed by atoms with van der Waals surface area (Å²) in [5.74, 6) is 1.23. The van der Waals surface area contributed by atoms with Gasteiger partial charge in [0.2, 0.25) is 11.8 Å². The molecule has 1 aliphatic rings. The van der Waals surface area contributed by atoms with Crippen molar-refractivity contribution >= 4 is 17.7 Å². The normalized spacial score (nSPS) is 14.0. The molecule has 176 valence electrons. The Labute approximate surface area is 208 Å². The smallest absolute Gasteiger partial charge is 0.232 e. The van der Waals surface area contributed by atoms with Crippen LogP contribution in [0.25, 0.3) is 5.69 Å². The molecule has 0 unspecified atom stereocenters. The third-order valence-corrected chi connectivity index (χ3v) is 6.77. The van der Waals surface area contributed by atoms with Gasteiger partial charge in [-0.15, -0.1) is 0 Å². The molecule has 0 amide bonds. The second-order valence-corrected chi connectivity index (χ2v) is 9.39. The van der Waals surface area contributed by atoms with Crippen molar-refractivity contribution < 1.29 is 4.74 Å². The summed E-state index contributed by atoms with van der Waals surface area (Å²) in [6, 6.07) is 19.6. The lowest BCUT2D eigenvalue weighted by Gasteiger charge is -2.32. The van der Waals surface area contributed by atoms with Crippen molar-refractivity contribution in [1.82, 2.24) is 24.6 Å². The van der Waals surface area contributed by atoms with Gasteiger partial charge in [0.05, 0.1) is 28.4 Å². The number of nitriles is 1. The summed E-state index contributed by atoms with van der Waals surface area (Å²) in [5.41, 5.74) is 2.63. The summed E-state index contributed by atoms with van der Waals surface area (Å²) in [7, 11) is 2.13. The van der Waals surface area contributed by atoms with Crippen LogP contribution in [0.3, 0.4) is 0 Å². The Morgan fingerprint density at radius 3 is 2.63 bits per heavy atom. The van der Waals surface area contributed by atoms with Crippen LogP contribution in [0.4, 0.5) is 5.95 Å². The Balaban J connectivity index is 1.39. The van der Waals surface area contributed by atoms with Gasteiger partial charge < -0.3 is 14.5 Å². The van der Waals surface area contributed by atoms with Crippen molar-refractivity contribution in [1.29, 1.82) is 5.26 Å². The number of anilines is 1. The van der Waals surface area contributed by atoms with Crippen LogP contribution in [0.15, 0.2) is 83.0 Å². The molecule has 2 aromatic heterocycles. The average molecular weight is 484 g/mol. The number of aromatic nitrogens is 4. The quantitative estimate of drug-likeness (QED) is 0.390. The maximum absolute atomic E-state index is 9.08. The molecule has 0 N–H and O–H groups in total. The van der Waals surface area contributed by atoms with Crippen LogP contribution in [0, 0.1) is 11.3 Å². The van der Waals surface area contributed by atoms with Gasteiger partial charge in [0, 0.05) is 43.5 Å². The zero-order chi connectivity index (χ0) is 24.0. The van der Waals surface area contributed by atoms with Crippen molar-refractivity contribution in [3.63, 3.8) is 0 Å². The largest absolute Gasteiger partial charge is 0.472 e. The zero-order valence-electron chi connectivity index (χ0n) is 19.4. The lowest BCUT2D eigenvalue weighted by atomic mass is 10.2. The highest BCUT2D eigenvalue weighted by Crippen LogP contribution is 2.35. The molecule has 1 aliphatic heterocycles. The van der Waals surface area contributed by atoms with Crippen LogP contribution in [0.1, 0.15) is 11.1 Å². The summed E-state index contributed by atoms with van der Waals surface area (Å²) in [6.07, 6.45) is 5.51. The van der Waals surface area contributed by atoms with Crippen molar-refractivity contribution in [2.75, 3.05) is 38.1 Å². The Bertz CT molecular complexity index is 1310. The Kier molecular flexibility index (Phi) is 6.93. The standard InChI is InChI=1S/C26H25N7OS/c1-31-12-14-32(15-13-31)26-28-18-24(35-23-8-6-20(17-27)7-9-23)25(30-26)34-19-21-4-2-5-22(16-21)33-11-3-10-29-33/h2-11,16,18H,12-15,19H2,1H3. The zero-order valence-corrected chi connectivity index (χ0v) is 20.2. The molecule has 8 nitrogen and oxygen atoms in total. The topological polar surface area (TPSA) is 83.1 Å². The van der Waals surface area contributed by atoms with Crippen LogP contribution in [0.2, 0.25) is 0 Å². The van der Waals surface area contributed by atoms with Crippen LogP contribution >= 0.6 is 11.8 Å². The van der Waals surface area contributed by atoms with Crippen molar-refractivity contribution in [3.8, 4) is 17.6 Å². The first-order valence-corrected chi connectivity index (χ1v) is 12.2. The molecule has 0 bridgehead atoms. The van der Waals surface area contributed by atoms with E-state index in [1.165, 1.54) is 11.8 Å². The third-order valence-electron chi connectivity index (χ3n) is 5.76. The molecule has 0 aliphatic carbocycles. The first-order chi connectivity index (χ1) is 17.2. The minimum atomic E-state index is 0.370. The van der Waals surface area contributed by atoms with Gasteiger partial charge in [-0.3, -0.25) is 0 Å². The third kappa shape index (κ3) is 5.62. The van der Waals surface area contributed by atoms with Crippen LogP contribution in [-0.4, -0.2) is 57.9 Å². The minimum Gasteiger partial charge on any atom is -0.472 e. The van der Waals surface area contributed by atoms with Gasteiger partial charge in [0.1, 0.15) is 6.61 Å². The SMILES string of the molecule is CN1CCN(c2ncc(Sc3ccc(C#N)cc3)c(OCc3cccc(-n4cccn4)c3)n2)CC1. The van der Waals surface area contributed by atoms with E-state index in [9.17, 15) is 0 Å². The highest BCUT2D eigenvalue weighted by atomic mass is 32.2. The van der Waals surface area contributed by atoms with Crippen molar-refractivity contribution in [3.05, 3.63) is 84.3 Å². The molecule has 3 heterocycles. The van der Waals surface area contributed by atoms with Crippen LogP contribution in [0.5, 0.6) is 5.88 Å². The predicted octanol–water partition coefficient (Wildman–Crippen LogP) is 4.02. The van der Waals surface area contributed by atoms with Gasteiger partial charge in [-0.25, -0.2) is 9.67 Å².